The molecule has 0 saturated heterocycles. The molecule has 0 aliphatic carbocycles. The Balaban J connectivity index is 2.32. The van der Waals surface area contributed by atoms with E-state index >= 15 is 0 Å². The molecule has 0 saturated carbocycles. The number of carboxylic acids is 1. The van der Waals surface area contributed by atoms with E-state index in [-0.39, 0.29) is 5.56 Å². The summed E-state index contributed by atoms with van der Waals surface area (Å²) in [6.07, 6.45) is 0. The summed E-state index contributed by atoms with van der Waals surface area (Å²) in [5, 5.41) is 11.5. The Morgan fingerprint density at radius 1 is 1.20 bits per heavy atom. The van der Waals surface area contributed by atoms with Gasteiger partial charge in [-0.3, -0.25) is 0 Å². The van der Waals surface area contributed by atoms with Crippen molar-refractivity contribution in [3.05, 3.63) is 47.3 Å². The second-order valence-corrected chi connectivity index (χ2v) is 3.75. The lowest BCUT2D eigenvalue weighted by Crippen LogP contribution is -1.98. The second-order valence-electron chi connectivity index (χ2n) is 2.84. The van der Waals surface area contributed by atoms with E-state index in [4.69, 9.17) is 9.84 Å². The summed E-state index contributed by atoms with van der Waals surface area (Å²) in [6.45, 7) is 0. The van der Waals surface area contributed by atoms with Crippen LogP contribution in [0.1, 0.15) is 10.4 Å². The number of rotatable bonds is 3. The average molecular weight is 220 g/mol. The maximum absolute atomic E-state index is 10.9. The van der Waals surface area contributed by atoms with E-state index in [9.17, 15) is 4.79 Å². The molecule has 15 heavy (non-hydrogen) atoms. The number of carbonyl (C=O) groups is 1. The number of thiophene rings is 1. The largest absolute Gasteiger partial charge is 0.478 e. The van der Waals surface area contributed by atoms with Crippen LogP contribution < -0.4 is 4.74 Å². The number of carboxylic acid groups (broad SMARTS) is 1. The van der Waals surface area contributed by atoms with Gasteiger partial charge in [-0.05, 0) is 29.6 Å². The first-order valence-corrected chi connectivity index (χ1v) is 5.19. The highest BCUT2D eigenvalue weighted by Crippen LogP contribution is 2.28. The predicted molar refractivity (Wildman–Crippen MR) is 57.8 cm³/mol. The van der Waals surface area contributed by atoms with E-state index in [1.165, 1.54) is 17.4 Å². The fourth-order valence-electron chi connectivity index (χ4n) is 1.16. The highest BCUT2D eigenvalue weighted by Gasteiger charge is 2.10. The van der Waals surface area contributed by atoms with Crippen LogP contribution in [0.3, 0.4) is 0 Å². The third-order valence-electron chi connectivity index (χ3n) is 1.82. The van der Waals surface area contributed by atoms with Gasteiger partial charge in [-0.2, -0.15) is 0 Å². The summed E-state index contributed by atoms with van der Waals surface area (Å²) in [4.78, 5) is 10.9. The van der Waals surface area contributed by atoms with Gasteiger partial charge < -0.3 is 9.84 Å². The third kappa shape index (κ3) is 2.16. The fraction of sp³-hybridized carbons (Fsp3) is 0. The van der Waals surface area contributed by atoms with Gasteiger partial charge in [0.05, 0.1) is 0 Å². The molecule has 1 heterocycles. The Hall–Kier alpha value is -1.81. The molecule has 1 aromatic carbocycles. The number of hydrogen-bond acceptors (Lipinski definition) is 3. The van der Waals surface area contributed by atoms with Gasteiger partial charge in [0.2, 0.25) is 0 Å². The number of ether oxygens (including phenoxy) is 1. The lowest BCUT2D eigenvalue weighted by atomic mass is 10.2. The first-order chi connectivity index (χ1) is 7.27. The van der Waals surface area contributed by atoms with Crippen molar-refractivity contribution in [1.29, 1.82) is 0 Å². The van der Waals surface area contributed by atoms with Gasteiger partial charge in [-0.25, -0.2) is 4.79 Å². The van der Waals surface area contributed by atoms with Crippen molar-refractivity contribution < 1.29 is 14.6 Å². The highest BCUT2D eigenvalue weighted by molar-refractivity contribution is 7.11. The van der Waals surface area contributed by atoms with Crippen molar-refractivity contribution in [2.45, 2.75) is 0 Å². The summed E-state index contributed by atoms with van der Waals surface area (Å²) < 4.78 is 5.45. The van der Waals surface area contributed by atoms with Gasteiger partial charge in [0.1, 0.15) is 11.3 Å². The summed E-state index contributed by atoms with van der Waals surface area (Å²) in [6, 6.07) is 10.2. The van der Waals surface area contributed by atoms with E-state index in [2.05, 4.69) is 0 Å². The van der Waals surface area contributed by atoms with Gasteiger partial charge in [0.25, 0.3) is 0 Å². The SMILES string of the molecule is O=C(O)c1ccccc1Oc1cccs1. The van der Waals surface area contributed by atoms with Crippen LogP contribution in [0.2, 0.25) is 0 Å². The molecule has 0 unspecified atom stereocenters. The van der Waals surface area contributed by atoms with Crippen LogP contribution in [0.15, 0.2) is 41.8 Å². The number of para-hydroxylation sites is 1. The molecular formula is C11H8O3S. The molecule has 2 rings (SSSR count). The smallest absolute Gasteiger partial charge is 0.339 e. The first kappa shape index (κ1) is 9.73. The number of hydrogen-bond donors (Lipinski definition) is 1. The second kappa shape index (κ2) is 4.14. The van der Waals surface area contributed by atoms with Crippen LogP contribution in [0.5, 0.6) is 10.8 Å². The lowest BCUT2D eigenvalue weighted by Gasteiger charge is -2.05. The Bertz CT molecular complexity index is 462. The van der Waals surface area contributed by atoms with Crippen molar-refractivity contribution in [2.24, 2.45) is 0 Å². The molecule has 1 N–H and O–H groups in total. The van der Waals surface area contributed by atoms with Crippen LogP contribution in [0, 0.1) is 0 Å². The monoisotopic (exact) mass is 220 g/mol. The number of aromatic carboxylic acids is 1. The van der Waals surface area contributed by atoms with Crippen molar-refractivity contribution in [3.8, 4) is 10.8 Å². The minimum atomic E-state index is -0.984. The Morgan fingerprint density at radius 2 is 2.00 bits per heavy atom. The van der Waals surface area contributed by atoms with E-state index < -0.39 is 5.97 Å². The normalized spacial score (nSPS) is 9.87. The van der Waals surface area contributed by atoms with Crippen molar-refractivity contribution in [2.75, 3.05) is 0 Å². The molecule has 0 aliphatic heterocycles. The zero-order valence-corrected chi connectivity index (χ0v) is 8.53. The molecule has 76 valence electrons. The highest BCUT2D eigenvalue weighted by atomic mass is 32.1. The molecule has 4 heteroatoms. The van der Waals surface area contributed by atoms with E-state index in [0.29, 0.717) is 10.8 Å². The van der Waals surface area contributed by atoms with Crippen LogP contribution in [-0.2, 0) is 0 Å². The maximum atomic E-state index is 10.9. The zero-order chi connectivity index (χ0) is 10.7. The summed E-state index contributed by atoms with van der Waals surface area (Å²) in [7, 11) is 0. The fourth-order valence-corrected chi connectivity index (χ4v) is 1.75. The Labute approximate surface area is 90.6 Å². The van der Waals surface area contributed by atoms with Crippen molar-refractivity contribution >= 4 is 17.3 Å². The molecule has 0 bridgehead atoms. The van der Waals surface area contributed by atoms with Gasteiger partial charge >= 0.3 is 5.97 Å². The minimum Gasteiger partial charge on any atom is -0.478 e. The molecule has 1 aromatic heterocycles. The molecule has 0 fully saturated rings. The van der Waals surface area contributed by atoms with Gasteiger partial charge in [-0.15, -0.1) is 11.3 Å². The molecule has 2 aromatic rings. The van der Waals surface area contributed by atoms with Crippen LogP contribution in [0.25, 0.3) is 0 Å². The molecule has 0 spiro atoms. The van der Waals surface area contributed by atoms with E-state index in [0.717, 1.165) is 0 Å². The van der Waals surface area contributed by atoms with Crippen LogP contribution >= 0.6 is 11.3 Å². The lowest BCUT2D eigenvalue weighted by molar-refractivity contribution is 0.0694. The van der Waals surface area contributed by atoms with E-state index in [1.54, 1.807) is 24.3 Å². The summed E-state index contributed by atoms with van der Waals surface area (Å²) in [5.74, 6) is -0.616. The standard InChI is InChI=1S/C11H8O3S/c12-11(13)8-4-1-2-5-9(8)14-10-6-3-7-15-10/h1-7H,(H,12,13). The zero-order valence-electron chi connectivity index (χ0n) is 7.71. The average Bonchev–Trinajstić information content (AvgIpc) is 2.71. The topological polar surface area (TPSA) is 46.5 Å². The minimum absolute atomic E-state index is 0.172. The van der Waals surface area contributed by atoms with Crippen LogP contribution in [-0.4, -0.2) is 11.1 Å². The van der Waals surface area contributed by atoms with Gasteiger partial charge in [0, 0.05) is 0 Å². The quantitative estimate of drug-likeness (QED) is 0.863. The molecule has 0 amide bonds. The number of benzene rings is 1. The van der Waals surface area contributed by atoms with Crippen molar-refractivity contribution in [1.82, 2.24) is 0 Å². The van der Waals surface area contributed by atoms with Crippen LogP contribution in [0.4, 0.5) is 0 Å². The third-order valence-corrected chi connectivity index (χ3v) is 2.57. The molecule has 0 aliphatic rings. The van der Waals surface area contributed by atoms with Gasteiger partial charge in [0.15, 0.2) is 5.06 Å². The summed E-state index contributed by atoms with van der Waals surface area (Å²) >= 11 is 1.42. The Kier molecular flexibility index (Phi) is 2.69. The van der Waals surface area contributed by atoms with Crippen molar-refractivity contribution in [3.63, 3.8) is 0 Å². The first-order valence-electron chi connectivity index (χ1n) is 4.31. The van der Waals surface area contributed by atoms with E-state index in [1.807, 2.05) is 11.4 Å². The molecular weight excluding hydrogens is 212 g/mol. The molecule has 0 atom stereocenters. The molecule has 3 nitrogen and oxygen atoms in total. The van der Waals surface area contributed by atoms with Gasteiger partial charge in [-0.1, -0.05) is 12.1 Å². The Morgan fingerprint density at radius 3 is 2.67 bits per heavy atom. The molecule has 0 radical (unpaired) electrons. The summed E-state index contributed by atoms with van der Waals surface area (Å²) in [5.41, 5.74) is 0.172. The predicted octanol–water partition coefficient (Wildman–Crippen LogP) is 3.24. The maximum Gasteiger partial charge on any atom is 0.339 e.